The van der Waals surface area contributed by atoms with Gasteiger partial charge in [-0.05, 0) is 62.0 Å². The first-order chi connectivity index (χ1) is 15.9. The highest BCUT2D eigenvalue weighted by Crippen LogP contribution is 2.22. The van der Waals surface area contributed by atoms with Gasteiger partial charge in [0.2, 0.25) is 15.9 Å². The minimum atomic E-state index is -3.37. The van der Waals surface area contributed by atoms with E-state index in [2.05, 4.69) is 24.1 Å². The number of benzene rings is 2. The zero-order chi connectivity index (χ0) is 23.7. The number of nitrogens with one attached hydrogen (secondary N) is 1. The van der Waals surface area contributed by atoms with Crippen molar-refractivity contribution >= 4 is 21.6 Å². The van der Waals surface area contributed by atoms with Gasteiger partial charge in [-0.25, -0.2) is 12.7 Å². The van der Waals surface area contributed by atoms with E-state index in [1.165, 1.54) is 9.87 Å². The maximum absolute atomic E-state index is 12.9. The van der Waals surface area contributed by atoms with Crippen molar-refractivity contribution in [3.05, 3.63) is 65.7 Å². The summed E-state index contributed by atoms with van der Waals surface area (Å²) in [5, 5.41) is 2.98. The molecule has 1 atom stereocenters. The van der Waals surface area contributed by atoms with E-state index < -0.39 is 10.0 Å². The second kappa shape index (κ2) is 12.3. The second-order valence-corrected chi connectivity index (χ2v) is 10.8. The van der Waals surface area contributed by atoms with Crippen molar-refractivity contribution < 1.29 is 13.2 Å². The minimum Gasteiger partial charge on any atom is -0.326 e. The first kappa shape index (κ1) is 25.4. The first-order valence-electron chi connectivity index (χ1n) is 12.0. The van der Waals surface area contributed by atoms with Crippen LogP contribution in [-0.4, -0.2) is 55.5 Å². The molecule has 1 amide bonds. The highest BCUT2D eigenvalue weighted by Gasteiger charge is 2.32. The van der Waals surface area contributed by atoms with Gasteiger partial charge in [0, 0.05) is 25.3 Å². The summed E-state index contributed by atoms with van der Waals surface area (Å²) in [6.45, 7) is 7.95. The summed E-state index contributed by atoms with van der Waals surface area (Å²) in [7, 11) is -3.37. The fraction of sp³-hybridized carbons (Fsp3) is 0.500. The van der Waals surface area contributed by atoms with Crippen LogP contribution in [0.5, 0.6) is 0 Å². The molecule has 1 N–H and O–H groups in total. The molecule has 1 aliphatic rings. The van der Waals surface area contributed by atoms with Crippen LogP contribution < -0.4 is 5.32 Å². The molecule has 0 aromatic heterocycles. The number of nitrogens with zero attached hydrogens (tertiary/aromatic N) is 2. The normalized spacial score (nSPS) is 17.2. The Morgan fingerprint density at radius 1 is 1.03 bits per heavy atom. The molecule has 1 saturated heterocycles. The maximum Gasteiger partial charge on any atom is 0.228 e. The molecule has 0 spiro atoms. The van der Waals surface area contributed by atoms with E-state index in [9.17, 15) is 13.2 Å². The number of piperidine rings is 1. The van der Waals surface area contributed by atoms with Crippen LogP contribution in [0.2, 0.25) is 0 Å². The van der Waals surface area contributed by atoms with Crippen molar-refractivity contribution in [3.8, 4) is 0 Å². The van der Waals surface area contributed by atoms with Gasteiger partial charge in [-0.15, -0.1) is 0 Å². The predicted octanol–water partition coefficient (Wildman–Crippen LogP) is 4.14. The summed E-state index contributed by atoms with van der Waals surface area (Å²) in [4.78, 5) is 15.2. The Hall–Kier alpha value is -2.22. The molecular weight excluding hydrogens is 434 g/mol. The quantitative estimate of drug-likeness (QED) is 0.535. The van der Waals surface area contributed by atoms with Crippen LogP contribution in [0.15, 0.2) is 54.6 Å². The fourth-order valence-corrected chi connectivity index (χ4v) is 5.87. The maximum atomic E-state index is 12.9. The molecule has 1 heterocycles. The lowest BCUT2D eigenvalue weighted by Gasteiger charge is -2.31. The van der Waals surface area contributed by atoms with Crippen molar-refractivity contribution in [2.24, 2.45) is 5.92 Å². The summed E-state index contributed by atoms with van der Waals surface area (Å²) in [6.07, 6.45) is 2.74. The van der Waals surface area contributed by atoms with Crippen molar-refractivity contribution in [2.75, 3.05) is 37.2 Å². The molecule has 3 rings (SSSR count). The number of aryl methyl sites for hydroxylation is 1. The Morgan fingerprint density at radius 2 is 1.73 bits per heavy atom. The van der Waals surface area contributed by atoms with Gasteiger partial charge in [0.05, 0.1) is 11.7 Å². The van der Waals surface area contributed by atoms with Gasteiger partial charge in [0.1, 0.15) is 0 Å². The number of carbonyl (C=O) groups excluding carboxylic acids is 1. The summed E-state index contributed by atoms with van der Waals surface area (Å²) in [5.41, 5.74) is 3.11. The highest BCUT2D eigenvalue weighted by molar-refractivity contribution is 7.89. The van der Waals surface area contributed by atoms with E-state index in [1.807, 2.05) is 54.6 Å². The van der Waals surface area contributed by atoms with E-state index in [1.54, 1.807) is 0 Å². The molecule has 2 aromatic rings. The third-order valence-corrected chi connectivity index (χ3v) is 8.30. The number of sulfonamides is 1. The number of hydrogen-bond acceptors (Lipinski definition) is 4. The zero-order valence-electron chi connectivity index (χ0n) is 19.9. The Bertz CT molecular complexity index is 974. The lowest BCUT2D eigenvalue weighted by molar-refractivity contribution is -0.120. The molecule has 33 heavy (non-hydrogen) atoms. The number of amides is 1. The van der Waals surface area contributed by atoms with Gasteiger partial charge in [-0.2, -0.15) is 0 Å². The Kier molecular flexibility index (Phi) is 9.47. The van der Waals surface area contributed by atoms with Crippen LogP contribution in [0.1, 0.15) is 44.2 Å². The van der Waals surface area contributed by atoms with Crippen LogP contribution >= 0.6 is 0 Å². The van der Waals surface area contributed by atoms with Gasteiger partial charge >= 0.3 is 0 Å². The Balaban J connectivity index is 1.51. The average Bonchev–Trinajstić information content (AvgIpc) is 2.84. The zero-order valence-corrected chi connectivity index (χ0v) is 20.7. The first-order valence-corrected chi connectivity index (χ1v) is 13.7. The third kappa shape index (κ3) is 7.66. The lowest BCUT2D eigenvalue weighted by atomic mass is 9.98. The van der Waals surface area contributed by atoms with Crippen LogP contribution in [0.4, 0.5) is 5.69 Å². The van der Waals surface area contributed by atoms with E-state index in [4.69, 9.17) is 0 Å². The monoisotopic (exact) mass is 471 g/mol. The summed E-state index contributed by atoms with van der Waals surface area (Å²) < 4.78 is 27.2. The number of hydrogen-bond donors (Lipinski definition) is 1. The molecule has 180 valence electrons. The average molecular weight is 472 g/mol. The van der Waals surface area contributed by atoms with Crippen molar-refractivity contribution in [2.45, 2.75) is 46.1 Å². The summed E-state index contributed by atoms with van der Waals surface area (Å²) in [6, 6.07) is 17.9. The van der Waals surface area contributed by atoms with Crippen LogP contribution in [0.25, 0.3) is 0 Å². The largest absolute Gasteiger partial charge is 0.326 e. The van der Waals surface area contributed by atoms with E-state index >= 15 is 0 Å². The Labute approximate surface area is 199 Å². The number of carbonyl (C=O) groups is 1. The van der Waals surface area contributed by atoms with E-state index in [0.29, 0.717) is 25.8 Å². The minimum absolute atomic E-state index is 0.101. The van der Waals surface area contributed by atoms with Crippen LogP contribution in [-0.2, 0) is 27.8 Å². The topological polar surface area (TPSA) is 69.7 Å². The molecule has 0 aliphatic carbocycles. The molecule has 0 saturated carbocycles. The van der Waals surface area contributed by atoms with Crippen LogP contribution in [0, 0.1) is 5.92 Å². The van der Waals surface area contributed by atoms with Gasteiger partial charge in [-0.3, -0.25) is 9.69 Å². The molecule has 1 fully saturated rings. The second-order valence-electron chi connectivity index (χ2n) is 8.75. The molecule has 6 nitrogen and oxygen atoms in total. The Morgan fingerprint density at radius 3 is 2.39 bits per heavy atom. The highest BCUT2D eigenvalue weighted by atomic mass is 32.2. The summed E-state index contributed by atoms with van der Waals surface area (Å²) in [5.74, 6) is -0.307. The van der Waals surface area contributed by atoms with E-state index in [-0.39, 0.29) is 24.1 Å². The van der Waals surface area contributed by atoms with E-state index in [0.717, 1.165) is 37.3 Å². The third-order valence-electron chi connectivity index (χ3n) is 6.38. The standard InChI is InChI=1S/C26H37N3O3S/c1-3-28(4-2)20-23-14-16-25(17-15-23)27-26(30)24-13-8-18-29(21-24)33(31,32)19-9-12-22-10-6-5-7-11-22/h5-7,10-11,14-17,24H,3-4,8-9,12-13,18-21H2,1-2H3,(H,27,30)/t24-/m1/s1. The molecule has 7 heteroatoms. The van der Waals surface area contributed by atoms with Gasteiger partial charge in [-0.1, -0.05) is 56.3 Å². The lowest BCUT2D eigenvalue weighted by Crippen LogP contribution is -2.44. The van der Waals surface area contributed by atoms with Crippen molar-refractivity contribution in [1.29, 1.82) is 0 Å². The summed E-state index contributed by atoms with van der Waals surface area (Å²) >= 11 is 0. The molecule has 0 radical (unpaired) electrons. The fourth-order valence-electron chi connectivity index (χ4n) is 4.28. The number of rotatable bonds is 11. The molecule has 0 unspecified atom stereocenters. The molecule has 2 aromatic carbocycles. The SMILES string of the molecule is CCN(CC)Cc1ccc(NC(=O)[C@@H]2CCCN(S(=O)(=O)CCCc3ccccc3)C2)cc1. The van der Waals surface area contributed by atoms with Crippen molar-refractivity contribution in [1.82, 2.24) is 9.21 Å². The molecular formula is C26H37N3O3S. The van der Waals surface area contributed by atoms with Crippen molar-refractivity contribution in [3.63, 3.8) is 0 Å². The molecule has 0 bridgehead atoms. The number of anilines is 1. The molecule has 1 aliphatic heterocycles. The predicted molar refractivity (Wildman–Crippen MR) is 135 cm³/mol. The smallest absolute Gasteiger partial charge is 0.228 e. The van der Waals surface area contributed by atoms with Gasteiger partial charge in [0.25, 0.3) is 0 Å². The van der Waals surface area contributed by atoms with Gasteiger partial charge in [0.15, 0.2) is 0 Å². The van der Waals surface area contributed by atoms with Gasteiger partial charge < -0.3 is 5.32 Å². The van der Waals surface area contributed by atoms with Crippen LogP contribution in [0.3, 0.4) is 0 Å².